The van der Waals surface area contributed by atoms with E-state index in [0.29, 0.717) is 25.2 Å². The summed E-state index contributed by atoms with van der Waals surface area (Å²) in [5.41, 5.74) is 0. The van der Waals surface area contributed by atoms with Crippen LogP contribution < -0.4 is 17.3 Å². The van der Waals surface area contributed by atoms with E-state index in [9.17, 15) is 15.0 Å². The molecule has 1 atom stereocenters. The van der Waals surface area contributed by atoms with Crippen LogP contribution in [0, 0.1) is 0 Å². The molecule has 1 unspecified atom stereocenters. The van der Waals surface area contributed by atoms with E-state index in [1.807, 2.05) is 6.92 Å². The Hall–Kier alpha value is -0.360. The average Bonchev–Trinajstić information content (AvgIpc) is 2.63. The summed E-state index contributed by atoms with van der Waals surface area (Å²) < 4.78 is 0. The van der Waals surface area contributed by atoms with Crippen LogP contribution in [0.3, 0.4) is 0 Å². The van der Waals surface area contributed by atoms with Crippen molar-refractivity contribution in [3.63, 3.8) is 0 Å². The van der Waals surface area contributed by atoms with Gasteiger partial charge in [0.2, 0.25) is 0 Å². The Labute approximate surface area is 159 Å². The lowest BCUT2D eigenvalue weighted by Gasteiger charge is -2.43. The highest BCUT2D eigenvalue weighted by molar-refractivity contribution is 5.80. The van der Waals surface area contributed by atoms with Gasteiger partial charge < -0.3 is 32.4 Å². The Balaban J connectivity index is 0.00000312. The van der Waals surface area contributed by atoms with Crippen LogP contribution in [0.5, 0.6) is 0 Å². The summed E-state index contributed by atoms with van der Waals surface area (Å²) in [7, 11) is 0. The molecule has 1 amide bonds. The van der Waals surface area contributed by atoms with Gasteiger partial charge in [-0.2, -0.15) is 0 Å². The molecule has 2 saturated carbocycles. The van der Waals surface area contributed by atoms with Crippen molar-refractivity contribution < 1.29 is 32.3 Å². The predicted octanol–water partition coefficient (Wildman–Crippen LogP) is -2.26. The van der Waals surface area contributed by atoms with E-state index in [-0.39, 0.29) is 37.6 Å². The highest BCUT2D eigenvalue weighted by Crippen LogP contribution is 2.30. The molecule has 5 nitrogen and oxygen atoms in total. The number of nitrogens with one attached hydrogen (secondary N) is 1. The number of quaternary nitrogens is 1. The highest BCUT2D eigenvalue weighted by atomic mass is 35.5. The van der Waals surface area contributed by atoms with Crippen LogP contribution in [0.25, 0.3) is 0 Å². The highest BCUT2D eigenvalue weighted by Gasteiger charge is 2.37. The van der Waals surface area contributed by atoms with Crippen molar-refractivity contribution in [3.05, 3.63) is 0 Å². The SMILES string of the molecule is CC(C(=O)N(C1CCCCC1)C1CCCCC1)[NH+](CCO)CCO.[Cl-]. The molecule has 0 aromatic rings. The van der Waals surface area contributed by atoms with Gasteiger partial charge in [-0.25, -0.2) is 0 Å². The Morgan fingerprint density at radius 1 is 0.920 bits per heavy atom. The Morgan fingerprint density at radius 2 is 1.32 bits per heavy atom. The van der Waals surface area contributed by atoms with E-state index in [1.165, 1.54) is 38.5 Å². The van der Waals surface area contributed by atoms with E-state index in [4.69, 9.17) is 0 Å². The maximum atomic E-state index is 13.4. The van der Waals surface area contributed by atoms with E-state index in [0.717, 1.165) is 30.6 Å². The van der Waals surface area contributed by atoms with Gasteiger partial charge in [0, 0.05) is 12.1 Å². The monoisotopic (exact) mass is 376 g/mol. The van der Waals surface area contributed by atoms with Crippen LogP contribution in [0.2, 0.25) is 0 Å². The number of carbonyl (C=O) groups excluding carboxylic acids is 1. The standard InChI is InChI=1S/C19H36N2O3.ClH/c1-16(20(12-14-22)13-15-23)19(24)21(17-8-4-2-5-9-17)18-10-6-3-7-11-18;/h16-18,22-23H,2-15H2,1H3;1H. The molecule has 0 heterocycles. The number of rotatable bonds is 8. The van der Waals surface area contributed by atoms with Gasteiger partial charge in [-0.05, 0) is 32.6 Å². The lowest BCUT2D eigenvalue weighted by atomic mass is 9.88. The Bertz CT molecular complexity index is 348. The van der Waals surface area contributed by atoms with Crippen molar-refractivity contribution in [2.45, 2.75) is 89.3 Å². The molecule has 0 aliphatic heterocycles. The molecule has 0 saturated heterocycles. The van der Waals surface area contributed by atoms with Gasteiger partial charge in [-0.15, -0.1) is 0 Å². The number of hydrogen-bond donors (Lipinski definition) is 3. The smallest absolute Gasteiger partial charge is 0.281 e. The van der Waals surface area contributed by atoms with E-state index >= 15 is 0 Å². The van der Waals surface area contributed by atoms with Gasteiger partial charge >= 0.3 is 0 Å². The first-order valence-electron chi connectivity index (χ1n) is 10.1. The zero-order valence-electron chi connectivity index (χ0n) is 15.8. The van der Waals surface area contributed by atoms with E-state index in [2.05, 4.69) is 4.90 Å². The molecule has 0 bridgehead atoms. The molecule has 6 heteroatoms. The first-order valence-corrected chi connectivity index (χ1v) is 10.1. The zero-order valence-corrected chi connectivity index (χ0v) is 16.5. The number of nitrogens with zero attached hydrogens (tertiary/aromatic N) is 1. The summed E-state index contributed by atoms with van der Waals surface area (Å²) in [6.45, 7) is 3.13. The molecule has 0 radical (unpaired) electrons. The van der Waals surface area contributed by atoms with Crippen LogP contribution in [0.1, 0.15) is 71.1 Å². The molecular weight excluding hydrogens is 340 g/mol. The minimum atomic E-state index is -0.187. The Morgan fingerprint density at radius 3 is 1.68 bits per heavy atom. The van der Waals surface area contributed by atoms with Crippen molar-refractivity contribution in [2.24, 2.45) is 0 Å². The van der Waals surface area contributed by atoms with Gasteiger partial charge in [0.05, 0.1) is 13.2 Å². The van der Waals surface area contributed by atoms with Crippen molar-refractivity contribution in [2.75, 3.05) is 26.3 Å². The summed E-state index contributed by atoms with van der Waals surface area (Å²) in [6.07, 6.45) is 12.1. The minimum absolute atomic E-state index is 0. The predicted molar refractivity (Wildman–Crippen MR) is 94.9 cm³/mol. The average molecular weight is 377 g/mol. The van der Waals surface area contributed by atoms with Crippen LogP contribution >= 0.6 is 0 Å². The van der Waals surface area contributed by atoms with Crippen molar-refractivity contribution in [1.29, 1.82) is 0 Å². The van der Waals surface area contributed by atoms with Crippen molar-refractivity contribution in [1.82, 2.24) is 4.90 Å². The third-order valence-electron chi connectivity index (χ3n) is 6.04. The van der Waals surface area contributed by atoms with Crippen LogP contribution in [-0.2, 0) is 4.79 Å². The van der Waals surface area contributed by atoms with E-state index < -0.39 is 0 Å². The largest absolute Gasteiger partial charge is 1.00 e. The summed E-state index contributed by atoms with van der Waals surface area (Å²) in [4.78, 5) is 16.6. The van der Waals surface area contributed by atoms with Gasteiger partial charge in [-0.1, -0.05) is 38.5 Å². The Kier molecular flexibility index (Phi) is 11.0. The molecular formula is C19H37ClN2O3. The van der Waals surface area contributed by atoms with Gasteiger partial charge in [0.15, 0.2) is 6.04 Å². The molecule has 25 heavy (non-hydrogen) atoms. The minimum Gasteiger partial charge on any atom is -1.00 e. The maximum absolute atomic E-state index is 13.4. The van der Waals surface area contributed by atoms with Crippen LogP contribution in [-0.4, -0.2) is 65.4 Å². The number of carbonyl (C=O) groups is 1. The summed E-state index contributed by atoms with van der Waals surface area (Å²) >= 11 is 0. The second-order valence-corrected chi connectivity index (χ2v) is 7.66. The fourth-order valence-corrected chi connectivity index (χ4v) is 4.62. The number of hydrogen-bond acceptors (Lipinski definition) is 3. The molecule has 2 aliphatic rings. The van der Waals surface area contributed by atoms with Crippen LogP contribution in [0.4, 0.5) is 0 Å². The summed E-state index contributed by atoms with van der Waals surface area (Å²) in [6, 6.07) is 0.621. The summed E-state index contributed by atoms with van der Waals surface area (Å²) in [5.74, 6) is 0.241. The maximum Gasteiger partial charge on any atom is 0.281 e. The molecule has 0 aromatic carbocycles. The molecule has 2 fully saturated rings. The number of aliphatic hydroxyl groups is 2. The van der Waals surface area contributed by atoms with Gasteiger partial charge in [0.1, 0.15) is 13.1 Å². The molecule has 0 spiro atoms. The van der Waals surface area contributed by atoms with Crippen LogP contribution in [0.15, 0.2) is 0 Å². The first-order chi connectivity index (χ1) is 11.7. The van der Waals surface area contributed by atoms with E-state index in [1.54, 1.807) is 0 Å². The molecule has 0 aromatic heterocycles. The lowest BCUT2D eigenvalue weighted by Crippen LogP contribution is -3.17. The fourth-order valence-electron chi connectivity index (χ4n) is 4.62. The molecule has 3 N–H and O–H groups in total. The third-order valence-corrected chi connectivity index (χ3v) is 6.04. The molecule has 2 rings (SSSR count). The number of amides is 1. The quantitative estimate of drug-likeness (QED) is 0.448. The second kappa shape index (κ2) is 12.1. The normalized spacial score (nSPS) is 21.0. The first kappa shape index (κ1) is 22.7. The van der Waals surface area contributed by atoms with Gasteiger partial charge in [0.25, 0.3) is 5.91 Å². The second-order valence-electron chi connectivity index (χ2n) is 7.66. The lowest BCUT2D eigenvalue weighted by molar-refractivity contribution is -0.915. The van der Waals surface area contributed by atoms with Gasteiger partial charge in [-0.3, -0.25) is 4.79 Å². The summed E-state index contributed by atoms with van der Waals surface area (Å²) in [5, 5.41) is 18.6. The number of halogens is 1. The third kappa shape index (κ3) is 6.38. The zero-order chi connectivity index (χ0) is 17.4. The molecule has 148 valence electrons. The topological polar surface area (TPSA) is 65.2 Å². The molecule has 2 aliphatic carbocycles. The number of aliphatic hydroxyl groups excluding tert-OH is 2. The van der Waals surface area contributed by atoms with Crippen molar-refractivity contribution >= 4 is 5.91 Å². The fraction of sp³-hybridized carbons (Fsp3) is 0.947. The van der Waals surface area contributed by atoms with Crippen molar-refractivity contribution in [3.8, 4) is 0 Å².